The van der Waals surface area contributed by atoms with E-state index in [0.29, 0.717) is 24.0 Å². The van der Waals surface area contributed by atoms with Gasteiger partial charge in [-0.25, -0.2) is 4.98 Å². The lowest BCUT2D eigenvalue weighted by Crippen LogP contribution is -2.48. The van der Waals surface area contributed by atoms with E-state index >= 15 is 0 Å². The van der Waals surface area contributed by atoms with Crippen molar-refractivity contribution >= 4 is 5.82 Å². The number of nitrogens with one attached hydrogen (secondary N) is 1. The molecule has 3 heterocycles. The molecule has 20 heavy (non-hydrogen) atoms. The number of ether oxygens (including phenoxy) is 1. The summed E-state index contributed by atoms with van der Waals surface area (Å²) in [7, 11) is 1.66. The third-order valence-electron chi connectivity index (χ3n) is 4.53. The zero-order chi connectivity index (χ0) is 14.1. The number of aromatic nitrogens is 2. The highest BCUT2D eigenvalue weighted by Crippen LogP contribution is 2.32. The van der Waals surface area contributed by atoms with Gasteiger partial charge in [0.25, 0.3) is 0 Å². The smallest absolute Gasteiger partial charge is 0.218 e. The molecule has 2 saturated heterocycles. The van der Waals surface area contributed by atoms with Crippen molar-refractivity contribution in [2.24, 2.45) is 0 Å². The third kappa shape index (κ3) is 2.59. The zero-order valence-corrected chi connectivity index (χ0v) is 12.6. The van der Waals surface area contributed by atoms with Crippen molar-refractivity contribution in [3.63, 3.8) is 0 Å². The second-order valence-electron chi connectivity index (χ2n) is 5.86. The molecular weight excluding hydrogens is 252 g/mol. The Bertz CT molecular complexity index is 467. The van der Waals surface area contributed by atoms with E-state index in [4.69, 9.17) is 4.74 Å². The number of nitrogens with zero attached hydrogens (tertiary/aromatic N) is 3. The molecule has 0 amide bonds. The van der Waals surface area contributed by atoms with Gasteiger partial charge in [-0.1, -0.05) is 0 Å². The molecule has 5 heteroatoms. The Kier molecular flexibility index (Phi) is 3.78. The molecule has 0 aliphatic carbocycles. The van der Waals surface area contributed by atoms with Crippen LogP contribution in [0.3, 0.4) is 0 Å². The molecule has 0 saturated carbocycles. The predicted octanol–water partition coefficient (Wildman–Crippen LogP) is 1.90. The third-order valence-corrected chi connectivity index (χ3v) is 4.53. The minimum absolute atomic E-state index is 0.581. The summed E-state index contributed by atoms with van der Waals surface area (Å²) in [5.41, 5.74) is 0. The van der Waals surface area contributed by atoms with Gasteiger partial charge in [0.2, 0.25) is 5.88 Å². The van der Waals surface area contributed by atoms with Crippen LogP contribution in [0.4, 0.5) is 5.82 Å². The van der Waals surface area contributed by atoms with E-state index in [1.807, 2.05) is 13.0 Å². The Balaban J connectivity index is 1.84. The van der Waals surface area contributed by atoms with Crippen LogP contribution >= 0.6 is 0 Å². The highest BCUT2D eigenvalue weighted by Gasteiger charge is 2.36. The lowest BCUT2D eigenvalue weighted by Gasteiger charge is -2.38. The number of piperidine rings is 1. The topological polar surface area (TPSA) is 50.3 Å². The van der Waals surface area contributed by atoms with E-state index in [1.54, 1.807) is 7.11 Å². The van der Waals surface area contributed by atoms with Crippen molar-refractivity contribution in [2.75, 3.05) is 18.6 Å². The summed E-state index contributed by atoms with van der Waals surface area (Å²) in [6.07, 6.45) is 5.08. The van der Waals surface area contributed by atoms with Gasteiger partial charge in [0.15, 0.2) is 0 Å². The van der Waals surface area contributed by atoms with Crippen LogP contribution in [0, 0.1) is 6.92 Å². The number of aryl methyl sites for hydroxylation is 1. The predicted molar refractivity (Wildman–Crippen MR) is 79.3 cm³/mol. The van der Waals surface area contributed by atoms with Crippen molar-refractivity contribution in [3.8, 4) is 5.88 Å². The normalized spacial score (nSPS) is 28.4. The minimum atomic E-state index is 0.581. The summed E-state index contributed by atoms with van der Waals surface area (Å²) in [4.78, 5) is 11.3. The van der Waals surface area contributed by atoms with Crippen LogP contribution < -0.4 is 15.0 Å². The van der Waals surface area contributed by atoms with Gasteiger partial charge >= 0.3 is 0 Å². The van der Waals surface area contributed by atoms with Crippen LogP contribution in [-0.4, -0.2) is 41.7 Å². The molecule has 0 aromatic carbocycles. The second-order valence-corrected chi connectivity index (χ2v) is 5.86. The summed E-state index contributed by atoms with van der Waals surface area (Å²) >= 11 is 0. The molecule has 3 rings (SSSR count). The molecule has 5 nitrogen and oxygen atoms in total. The summed E-state index contributed by atoms with van der Waals surface area (Å²) in [6, 6.07) is 3.92. The maximum atomic E-state index is 5.28. The monoisotopic (exact) mass is 276 g/mol. The number of methoxy groups -OCH3 is 1. The van der Waals surface area contributed by atoms with E-state index in [2.05, 4.69) is 27.1 Å². The van der Waals surface area contributed by atoms with Crippen LogP contribution in [0.1, 0.15) is 38.4 Å². The summed E-state index contributed by atoms with van der Waals surface area (Å²) in [5, 5.41) is 3.70. The SMILES string of the molecule is CCN(c1cc(OC)nc(C)n1)C1CC2CCC(C1)N2. The zero-order valence-electron chi connectivity index (χ0n) is 12.6. The first-order valence-electron chi connectivity index (χ1n) is 7.62. The second kappa shape index (κ2) is 5.56. The molecule has 1 aromatic rings. The molecule has 2 bridgehead atoms. The van der Waals surface area contributed by atoms with Crippen LogP contribution in [0.25, 0.3) is 0 Å². The molecule has 2 aliphatic heterocycles. The minimum Gasteiger partial charge on any atom is -0.481 e. The first-order chi connectivity index (χ1) is 9.69. The van der Waals surface area contributed by atoms with Gasteiger partial charge in [0.1, 0.15) is 11.6 Å². The van der Waals surface area contributed by atoms with Gasteiger partial charge in [-0.05, 0) is 39.5 Å². The van der Waals surface area contributed by atoms with Gasteiger partial charge in [-0.3, -0.25) is 0 Å². The van der Waals surface area contributed by atoms with Crippen molar-refractivity contribution in [2.45, 2.75) is 57.7 Å². The Labute approximate surface area is 120 Å². The number of anilines is 1. The molecule has 0 spiro atoms. The molecule has 2 aliphatic rings. The average Bonchev–Trinajstić information content (AvgIpc) is 2.78. The molecule has 1 N–H and O–H groups in total. The molecule has 110 valence electrons. The number of hydrogen-bond acceptors (Lipinski definition) is 5. The maximum absolute atomic E-state index is 5.28. The van der Waals surface area contributed by atoms with Gasteiger partial charge in [-0.2, -0.15) is 4.98 Å². The van der Waals surface area contributed by atoms with Crippen molar-refractivity contribution < 1.29 is 4.74 Å². The maximum Gasteiger partial charge on any atom is 0.218 e. The van der Waals surface area contributed by atoms with Gasteiger partial charge < -0.3 is 15.0 Å². The van der Waals surface area contributed by atoms with Crippen LogP contribution in [0.5, 0.6) is 5.88 Å². The van der Waals surface area contributed by atoms with Crippen molar-refractivity contribution in [3.05, 3.63) is 11.9 Å². The number of hydrogen-bond donors (Lipinski definition) is 1. The van der Waals surface area contributed by atoms with E-state index in [1.165, 1.54) is 25.7 Å². The van der Waals surface area contributed by atoms with Crippen LogP contribution in [0.2, 0.25) is 0 Å². The molecule has 2 fully saturated rings. The lowest BCUT2D eigenvalue weighted by atomic mass is 9.98. The van der Waals surface area contributed by atoms with E-state index in [0.717, 1.165) is 18.2 Å². The largest absolute Gasteiger partial charge is 0.481 e. The highest BCUT2D eigenvalue weighted by molar-refractivity contribution is 5.43. The Morgan fingerprint density at radius 2 is 2.00 bits per heavy atom. The van der Waals surface area contributed by atoms with Gasteiger partial charge in [-0.15, -0.1) is 0 Å². The first kappa shape index (κ1) is 13.6. The standard InChI is InChI=1S/C15H24N4O/c1-4-19(13-7-11-5-6-12(8-13)18-11)14-9-15(20-3)17-10(2)16-14/h9,11-13,18H,4-8H2,1-3H3. The molecule has 0 radical (unpaired) electrons. The fourth-order valence-corrected chi connectivity index (χ4v) is 3.67. The average molecular weight is 276 g/mol. The Morgan fingerprint density at radius 3 is 2.60 bits per heavy atom. The van der Waals surface area contributed by atoms with E-state index in [-0.39, 0.29) is 0 Å². The molecule has 1 aromatic heterocycles. The quantitative estimate of drug-likeness (QED) is 0.910. The number of fused-ring (bicyclic) bond motifs is 2. The van der Waals surface area contributed by atoms with Gasteiger partial charge in [0, 0.05) is 30.7 Å². The van der Waals surface area contributed by atoms with E-state index in [9.17, 15) is 0 Å². The Morgan fingerprint density at radius 1 is 1.30 bits per heavy atom. The first-order valence-corrected chi connectivity index (χ1v) is 7.62. The van der Waals surface area contributed by atoms with Crippen LogP contribution in [-0.2, 0) is 0 Å². The highest BCUT2D eigenvalue weighted by atomic mass is 16.5. The molecule has 2 unspecified atom stereocenters. The summed E-state index contributed by atoms with van der Waals surface area (Å²) < 4.78 is 5.28. The fourth-order valence-electron chi connectivity index (χ4n) is 3.67. The van der Waals surface area contributed by atoms with Crippen molar-refractivity contribution in [1.82, 2.24) is 15.3 Å². The molecule has 2 atom stereocenters. The van der Waals surface area contributed by atoms with Crippen LogP contribution in [0.15, 0.2) is 6.07 Å². The number of rotatable bonds is 4. The van der Waals surface area contributed by atoms with Gasteiger partial charge in [0.05, 0.1) is 7.11 Å². The summed E-state index contributed by atoms with van der Waals surface area (Å²) in [5.74, 6) is 2.43. The van der Waals surface area contributed by atoms with Crippen molar-refractivity contribution in [1.29, 1.82) is 0 Å². The lowest BCUT2D eigenvalue weighted by molar-refractivity contribution is 0.347. The Hall–Kier alpha value is -1.36. The fraction of sp³-hybridized carbons (Fsp3) is 0.733. The van der Waals surface area contributed by atoms with E-state index < -0.39 is 0 Å². The molecular formula is C15H24N4O. The summed E-state index contributed by atoms with van der Waals surface area (Å²) in [6.45, 7) is 5.10.